The Morgan fingerprint density at radius 2 is 1.78 bits per heavy atom. The fraction of sp³-hybridized carbons (Fsp3) is 0.211. The zero-order valence-corrected chi connectivity index (χ0v) is 14.7. The van der Waals surface area contributed by atoms with Crippen LogP contribution in [0, 0.1) is 0 Å². The summed E-state index contributed by atoms with van der Waals surface area (Å²) in [4.78, 5) is 17.7. The van der Waals surface area contributed by atoms with E-state index in [1.807, 2.05) is 6.07 Å². The van der Waals surface area contributed by atoms with Crippen molar-refractivity contribution in [3.8, 4) is 11.4 Å². The lowest BCUT2D eigenvalue weighted by Gasteiger charge is -2.11. The van der Waals surface area contributed by atoms with E-state index in [0.29, 0.717) is 0 Å². The van der Waals surface area contributed by atoms with Gasteiger partial charge in [-0.25, -0.2) is 4.98 Å². The van der Waals surface area contributed by atoms with Crippen LogP contribution < -0.4 is 0 Å². The maximum Gasteiger partial charge on any atom is 0.435 e. The third kappa shape index (κ3) is 4.16. The van der Waals surface area contributed by atoms with Gasteiger partial charge >= 0.3 is 6.18 Å². The molecule has 2 aromatic heterocycles. The number of pyridine rings is 1. The number of carbonyl (C=O) groups excluding carboxylic acids is 1. The molecule has 0 atom stereocenters. The molecule has 0 spiro atoms. The van der Waals surface area contributed by atoms with Gasteiger partial charge in [-0.15, -0.1) is 0 Å². The first-order chi connectivity index (χ1) is 12.8. The van der Waals surface area contributed by atoms with E-state index < -0.39 is 11.9 Å². The predicted molar refractivity (Wildman–Crippen MR) is 94.0 cm³/mol. The number of halogens is 3. The standard InChI is InChI=1S/C19H17F3N4O/c1-25(2)18(27)15-10-6-9-14(23-15)16-11-17(19(20,21)22)24-26(16)12-13-7-4-3-5-8-13/h3-11H,12H2,1-2H3. The normalized spacial score (nSPS) is 11.4. The van der Waals surface area contributed by atoms with Gasteiger partial charge in [-0.1, -0.05) is 36.4 Å². The van der Waals surface area contributed by atoms with E-state index >= 15 is 0 Å². The molecule has 140 valence electrons. The van der Waals surface area contributed by atoms with Crippen molar-refractivity contribution < 1.29 is 18.0 Å². The van der Waals surface area contributed by atoms with Gasteiger partial charge in [0.15, 0.2) is 5.69 Å². The fourth-order valence-corrected chi connectivity index (χ4v) is 2.56. The summed E-state index contributed by atoms with van der Waals surface area (Å²) in [7, 11) is 3.16. The van der Waals surface area contributed by atoms with Crippen LogP contribution in [-0.4, -0.2) is 39.7 Å². The molecule has 0 bridgehead atoms. The lowest BCUT2D eigenvalue weighted by atomic mass is 10.2. The minimum atomic E-state index is -4.58. The Hall–Kier alpha value is -3.16. The molecule has 0 radical (unpaired) electrons. The minimum Gasteiger partial charge on any atom is -0.343 e. The molecule has 8 heteroatoms. The van der Waals surface area contributed by atoms with Crippen LogP contribution in [-0.2, 0) is 12.7 Å². The van der Waals surface area contributed by atoms with E-state index in [2.05, 4.69) is 10.1 Å². The number of carbonyl (C=O) groups is 1. The van der Waals surface area contributed by atoms with Gasteiger partial charge in [-0.2, -0.15) is 18.3 Å². The molecule has 27 heavy (non-hydrogen) atoms. The lowest BCUT2D eigenvalue weighted by Crippen LogP contribution is -2.22. The van der Waals surface area contributed by atoms with Crippen LogP contribution in [0.15, 0.2) is 54.6 Å². The van der Waals surface area contributed by atoms with Gasteiger partial charge < -0.3 is 4.90 Å². The lowest BCUT2D eigenvalue weighted by molar-refractivity contribution is -0.141. The second kappa shape index (κ2) is 7.22. The Kier molecular flexibility index (Phi) is 4.98. The highest BCUT2D eigenvalue weighted by atomic mass is 19.4. The molecule has 3 aromatic rings. The number of hydrogen-bond acceptors (Lipinski definition) is 3. The summed E-state index contributed by atoms with van der Waals surface area (Å²) in [5, 5.41) is 3.72. The number of amides is 1. The number of benzene rings is 1. The largest absolute Gasteiger partial charge is 0.435 e. The molecular formula is C19H17F3N4O. The summed E-state index contributed by atoms with van der Waals surface area (Å²) in [6.45, 7) is 0.153. The first-order valence-electron chi connectivity index (χ1n) is 8.14. The summed E-state index contributed by atoms with van der Waals surface area (Å²) in [5.41, 5.74) is 0.399. The van der Waals surface area contributed by atoms with Crippen LogP contribution in [0.4, 0.5) is 13.2 Å². The predicted octanol–water partition coefficient (Wildman–Crippen LogP) is 3.71. The summed E-state index contributed by atoms with van der Waals surface area (Å²) in [6, 6.07) is 14.7. The van der Waals surface area contributed by atoms with Gasteiger partial charge in [0, 0.05) is 14.1 Å². The zero-order chi connectivity index (χ0) is 19.6. The summed E-state index contributed by atoms with van der Waals surface area (Å²) < 4.78 is 40.8. The monoisotopic (exact) mass is 374 g/mol. The molecule has 0 saturated heterocycles. The van der Waals surface area contributed by atoms with Crippen molar-refractivity contribution in [2.75, 3.05) is 14.1 Å². The van der Waals surface area contributed by atoms with E-state index in [4.69, 9.17) is 0 Å². The van der Waals surface area contributed by atoms with E-state index in [1.165, 1.54) is 15.6 Å². The summed E-state index contributed by atoms with van der Waals surface area (Å²) >= 11 is 0. The number of hydrogen-bond donors (Lipinski definition) is 0. The molecule has 1 amide bonds. The maximum absolute atomic E-state index is 13.2. The minimum absolute atomic E-state index is 0.151. The number of alkyl halides is 3. The summed E-state index contributed by atoms with van der Waals surface area (Å²) in [6.07, 6.45) is -4.58. The van der Waals surface area contributed by atoms with Gasteiger partial charge in [-0.3, -0.25) is 9.48 Å². The Labute approximate surface area is 154 Å². The molecule has 5 nitrogen and oxygen atoms in total. The molecule has 0 saturated carbocycles. The van der Waals surface area contributed by atoms with Crippen LogP contribution in [0.25, 0.3) is 11.4 Å². The average Bonchev–Trinajstić information content (AvgIpc) is 3.06. The van der Waals surface area contributed by atoms with Crippen molar-refractivity contribution >= 4 is 5.91 Å². The van der Waals surface area contributed by atoms with Crippen LogP contribution in [0.1, 0.15) is 21.7 Å². The number of rotatable bonds is 4. The van der Waals surface area contributed by atoms with E-state index in [9.17, 15) is 18.0 Å². The van der Waals surface area contributed by atoms with Crippen LogP contribution in [0.3, 0.4) is 0 Å². The molecule has 2 heterocycles. The topological polar surface area (TPSA) is 51.0 Å². The van der Waals surface area contributed by atoms with E-state index in [0.717, 1.165) is 11.6 Å². The van der Waals surface area contributed by atoms with E-state index in [1.54, 1.807) is 50.5 Å². The number of aromatic nitrogens is 3. The molecule has 0 unspecified atom stereocenters. The third-order valence-electron chi connectivity index (χ3n) is 3.88. The third-order valence-corrected chi connectivity index (χ3v) is 3.88. The molecule has 3 rings (SSSR count). The van der Waals surface area contributed by atoms with Gasteiger partial charge in [0.25, 0.3) is 5.91 Å². The highest BCUT2D eigenvalue weighted by molar-refractivity contribution is 5.92. The van der Waals surface area contributed by atoms with Gasteiger partial charge in [0.05, 0.1) is 17.9 Å². The first-order valence-corrected chi connectivity index (χ1v) is 8.14. The van der Waals surface area contributed by atoms with Crippen molar-refractivity contribution in [3.63, 3.8) is 0 Å². The molecule has 0 aliphatic heterocycles. The Balaban J connectivity index is 2.07. The Morgan fingerprint density at radius 1 is 1.07 bits per heavy atom. The molecule has 0 aliphatic carbocycles. The van der Waals surface area contributed by atoms with Crippen LogP contribution >= 0.6 is 0 Å². The molecule has 0 aliphatic rings. The molecule has 1 aromatic carbocycles. The van der Waals surface area contributed by atoms with Crippen molar-refractivity contribution in [3.05, 3.63) is 71.5 Å². The highest BCUT2D eigenvalue weighted by Gasteiger charge is 2.35. The second-order valence-corrected chi connectivity index (χ2v) is 6.16. The fourth-order valence-electron chi connectivity index (χ4n) is 2.56. The van der Waals surface area contributed by atoms with Crippen molar-refractivity contribution in [1.82, 2.24) is 19.7 Å². The zero-order valence-electron chi connectivity index (χ0n) is 14.7. The quantitative estimate of drug-likeness (QED) is 0.700. The van der Waals surface area contributed by atoms with Gasteiger partial charge in [0.2, 0.25) is 0 Å². The smallest absolute Gasteiger partial charge is 0.343 e. The second-order valence-electron chi connectivity index (χ2n) is 6.16. The SMILES string of the molecule is CN(C)C(=O)c1cccc(-c2cc(C(F)(F)F)nn2Cc2ccccc2)n1. The Bertz CT molecular complexity index is 949. The van der Waals surface area contributed by atoms with Gasteiger partial charge in [-0.05, 0) is 23.8 Å². The first kappa shape index (κ1) is 18.6. The van der Waals surface area contributed by atoms with Crippen LogP contribution in [0.2, 0.25) is 0 Å². The van der Waals surface area contributed by atoms with Crippen molar-refractivity contribution in [2.24, 2.45) is 0 Å². The van der Waals surface area contributed by atoms with Gasteiger partial charge in [0.1, 0.15) is 5.69 Å². The van der Waals surface area contributed by atoms with Crippen LogP contribution in [0.5, 0.6) is 0 Å². The highest BCUT2D eigenvalue weighted by Crippen LogP contribution is 2.31. The average molecular weight is 374 g/mol. The van der Waals surface area contributed by atoms with Crippen molar-refractivity contribution in [2.45, 2.75) is 12.7 Å². The molecular weight excluding hydrogens is 357 g/mol. The molecule has 0 fully saturated rings. The summed E-state index contributed by atoms with van der Waals surface area (Å²) in [5.74, 6) is -0.331. The Morgan fingerprint density at radius 3 is 2.41 bits per heavy atom. The van der Waals surface area contributed by atoms with E-state index in [-0.39, 0.29) is 29.5 Å². The molecule has 0 N–H and O–H groups in total. The number of nitrogens with zero attached hydrogens (tertiary/aromatic N) is 4. The maximum atomic E-state index is 13.2. The van der Waals surface area contributed by atoms with Crippen molar-refractivity contribution in [1.29, 1.82) is 0 Å².